The number of halogens is 1. The molecule has 5 heteroatoms. The van der Waals surface area contributed by atoms with E-state index in [9.17, 15) is 4.79 Å². The second kappa shape index (κ2) is 6.43. The van der Waals surface area contributed by atoms with Crippen LogP contribution >= 0.6 is 23.4 Å². The molecule has 1 saturated carbocycles. The van der Waals surface area contributed by atoms with Crippen molar-refractivity contribution in [3.8, 4) is 0 Å². The van der Waals surface area contributed by atoms with Crippen LogP contribution in [0.3, 0.4) is 0 Å². The molecule has 0 spiro atoms. The highest BCUT2D eigenvalue weighted by Crippen LogP contribution is 2.29. The molecule has 2 rings (SSSR count). The lowest BCUT2D eigenvalue weighted by Gasteiger charge is -2.12. The maximum Gasteiger partial charge on any atom is 0.270 e. The van der Waals surface area contributed by atoms with Gasteiger partial charge in [-0.1, -0.05) is 18.5 Å². The largest absolute Gasteiger partial charge is 0.348 e. The van der Waals surface area contributed by atoms with Gasteiger partial charge >= 0.3 is 0 Å². The van der Waals surface area contributed by atoms with Crippen LogP contribution in [0.1, 0.15) is 36.7 Å². The fourth-order valence-electron chi connectivity index (χ4n) is 2.25. The minimum atomic E-state index is -0.121. The molecule has 1 aromatic heterocycles. The van der Waals surface area contributed by atoms with Crippen LogP contribution in [0.25, 0.3) is 0 Å². The Morgan fingerprint density at radius 1 is 1.61 bits per heavy atom. The van der Waals surface area contributed by atoms with Gasteiger partial charge in [0.1, 0.15) is 5.69 Å². The summed E-state index contributed by atoms with van der Waals surface area (Å²) >= 11 is 7.83. The van der Waals surface area contributed by atoms with Gasteiger partial charge in [0.2, 0.25) is 0 Å². The fraction of sp³-hybridized carbons (Fsp3) is 0.538. The summed E-state index contributed by atoms with van der Waals surface area (Å²) in [5.74, 6) is 1.02. The summed E-state index contributed by atoms with van der Waals surface area (Å²) in [6, 6.07) is 3.55. The van der Waals surface area contributed by atoms with E-state index >= 15 is 0 Å². The third-order valence-electron chi connectivity index (χ3n) is 3.08. The molecule has 2 unspecified atom stereocenters. The van der Waals surface area contributed by atoms with Gasteiger partial charge in [0.15, 0.2) is 0 Å². The average molecular weight is 285 g/mol. The predicted molar refractivity (Wildman–Crippen MR) is 76.3 cm³/mol. The Labute approximate surface area is 117 Å². The van der Waals surface area contributed by atoms with Crippen LogP contribution in [0.15, 0.2) is 18.3 Å². The Kier molecular flexibility index (Phi) is 4.89. The van der Waals surface area contributed by atoms with Crippen molar-refractivity contribution in [1.29, 1.82) is 0 Å². The Balaban J connectivity index is 1.89. The lowest BCUT2D eigenvalue weighted by molar-refractivity contribution is 0.0933. The molecule has 0 aliphatic heterocycles. The quantitative estimate of drug-likeness (QED) is 0.924. The summed E-state index contributed by atoms with van der Waals surface area (Å²) < 4.78 is 0. The van der Waals surface area contributed by atoms with E-state index in [0.717, 1.165) is 18.6 Å². The summed E-state index contributed by atoms with van der Waals surface area (Å²) in [4.78, 5) is 16.0. The number of carbonyl (C=O) groups is 1. The number of rotatable bonds is 4. The lowest BCUT2D eigenvalue weighted by atomic mass is 10.2. The molecule has 1 aliphatic carbocycles. The van der Waals surface area contributed by atoms with Crippen LogP contribution in [0.4, 0.5) is 0 Å². The predicted octanol–water partition coefficient (Wildman–Crippen LogP) is 3.14. The van der Waals surface area contributed by atoms with Gasteiger partial charge in [0.05, 0.1) is 0 Å². The van der Waals surface area contributed by atoms with Crippen molar-refractivity contribution < 1.29 is 4.79 Å². The molecular weight excluding hydrogens is 268 g/mol. The molecule has 0 bridgehead atoms. The number of amides is 1. The van der Waals surface area contributed by atoms with Crippen LogP contribution in [0, 0.1) is 0 Å². The van der Waals surface area contributed by atoms with Gasteiger partial charge in [0, 0.05) is 22.5 Å². The van der Waals surface area contributed by atoms with Crippen LogP contribution in [-0.2, 0) is 0 Å². The third kappa shape index (κ3) is 3.62. The smallest absolute Gasteiger partial charge is 0.270 e. The number of hydrogen-bond donors (Lipinski definition) is 1. The molecule has 3 nitrogen and oxygen atoms in total. The summed E-state index contributed by atoms with van der Waals surface area (Å²) in [5.41, 5.74) is 0.397. The molecule has 1 fully saturated rings. The van der Waals surface area contributed by atoms with Gasteiger partial charge in [-0.3, -0.25) is 9.78 Å². The standard InChI is InChI=1S/C13H17ClN2OS/c1-2-18-11-4-3-10(8-11)16-13(17)12-7-9(14)5-6-15-12/h5-7,10-11H,2-4,8H2,1H3,(H,16,17). The summed E-state index contributed by atoms with van der Waals surface area (Å²) in [6.07, 6.45) is 4.86. The molecule has 1 N–H and O–H groups in total. The van der Waals surface area contributed by atoms with Crippen molar-refractivity contribution >= 4 is 29.3 Å². The first kappa shape index (κ1) is 13.7. The number of hydrogen-bond acceptors (Lipinski definition) is 3. The monoisotopic (exact) mass is 284 g/mol. The summed E-state index contributed by atoms with van der Waals surface area (Å²) in [7, 11) is 0. The Hall–Kier alpha value is -0.740. The lowest BCUT2D eigenvalue weighted by Crippen LogP contribution is -2.33. The highest BCUT2D eigenvalue weighted by atomic mass is 35.5. The number of carbonyl (C=O) groups excluding carboxylic acids is 1. The van der Waals surface area contributed by atoms with Crippen molar-refractivity contribution in [2.75, 3.05) is 5.75 Å². The first-order chi connectivity index (χ1) is 8.69. The molecule has 0 radical (unpaired) electrons. The molecule has 98 valence electrons. The Morgan fingerprint density at radius 2 is 2.44 bits per heavy atom. The first-order valence-electron chi connectivity index (χ1n) is 6.23. The molecule has 2 atom stereocenters. The molecule has 1 aliphatic rings. The minimum absolute atomic E-state index is 0.121. The number of nitrogens with one attached hydrogen (secondary N) is 1. The first-order valence-corrected chi connectivity index (χ1v) is 7.65. The van der Waals surface area contributed by atoms with Crippen molar-refractivity contribution in [3.63, 3.8) is 0 Å². The normalized spacial score (nSPS) is 23.0. The Morgan fingerprint density at radius 3 is 3.17 bits per heavy atom. The van der Waals surface area contributed by atoms with Crippen LogP contribution in [0.5, 0.6) is 0 Å². The maximum absolute atomic E-state index is 12.0. The van der Waals surface area contributed by atoms with E-state index in [1.165, 1.54) is 6.42 Å². The van der Waals surface area contributed by atoms with E-state index in [0.29, 0.717) is 16.0 Å². The van der Waals surface area contributed by atoms with Gasteiger partial charge in [-0.2, -0.15) is 11.8 Å². The molecule has 0 aromatic carbocycles. The summed E-state index contributed by atoms with van der Waals surface area (Å²) in [5, 5.41) is 4.27. The summed E-state index contributed by atoms with van der Waals surface area (Å²) in [6.45, 7) is 2.17. The Bertz CT molecular complexity index is 427. The van der Waals surface area contributed by atoms with Crippen LogP contribution in [-0.4, -0.2) is 27.9 Å². The van der Waals surface area contributed by atoms with Gasteiger partial charge in [0.25, 0.3) is 5.91 Å². The minimum Gasteiger partial charge on any atom is -0.348 e. The maximum atomic E-state index is 12.0. The van der Waals surface area contributed by atoms with E-state index in [1.54, 1.807) is 18.3 Å². The zero-order chi connectivity index (χ0) is 13.0. The van der Waals surface area contributed by atoms with E-state index in [1.807, 2.05) is 11.8 Å². The molecule has 18 heavy (non-hydrogen) atoms. The number of pyridine rings is 1. The molecule has 0 saturated heterocycles. The zero-order valence-electron chi connectivity index (χ0n) is 10.4. The molecule has 1 aromatic rings. The van der Waals surface area contributed by atoms with Crippen molar-refractivity contribution in [2.45, 2.75) is 37.5 Å². The highest BCUT2D eigenvalue weighted by molar-refractivity contribution is 7.99. The van der Waals surface area contributed by atoms with Crippen molar-refractivity contribution in [1.82, 2.24) is 10.3 Å². The molecule has 1 amide bonds. The second-order valence-electron chi connectivity index (χ2n) is 4.42. The third-order valence-corrected chi connectivity index (χ3v) is 4.54. The number of nitrogens with zero attached hydrogens (tertiary/aromatic N) is 1. The van der Waals surface area contributed by atoms with Crippen LogP contribution < -0.4 is 5.32 Å². The van der Waals surface area contributed by atoms with E-state index in [-0.39, 0.29) is 11.9 Å². The molecular formula is C13H17ClN2OS. The topological polar surface area (TPSA) is 42.0 Å². The van der Waals surface area contributed by atoms with Crippen LogP contribution in [0.2, 0.25) is 5.02 Å². The van der Waals surface area contributed by atoms with Crippen molar-refractivity contribution in [2.24, 2.45) is 0 Å². The van der Waals surface area contributed by atoms with E-state index in [4.69, 9.17) is 11.6 Å². The number of thioether (sulfide) groups is 1. The second-order valence-corrected chi connectivity index (χ2v) is 6.43. The van der Waals surface area contributed by atoms with Gasteiger partial charge in [-0.05, 0) is 37.1 Å². The SMILES string of the molecule is CCSC1CCC(NC(=O)c2cc(Cl)ccn2)C1. The molecule has 1 heterocycles. The fourth-order valence-corrected chi connectivity index (χ4v) is 3.55. The van der Waals surface area contributed by atoms with Gasteiger partial charge in [-0.15, -0.1) is 0 Å². The highest BCUT2D eigenvalue weighted by Gasteiger charge is 2.26. The van der Waals surface area contributed by atoms with E-state index < -0.39 is 0 Å². The number of aromatic nitrogens is 1. The van der Waals surface area contributed by atoms with E-state index in [2.05, 4.69) is 17.2 Å². The van der Waals surface area contributed by atoms with Gasteiger partial charge < -0.3 is 5.32 Å². The van der Waals surface area contributed by atoms with Crippen molar-refractivity contribution in [3.05, 3.63) is 29.0 Å². The zero-order valence-corrected chi connectivity index (χ0v) is 11.9. The average Bonchev–Trinajstić information content (AvgIpc) is 2.77. The van der Waals surface area contributed by atoms with Gasteiger partial charge in [-0.25, -0.2) is 0 Å².